The van der Waals surface area contributed by atoms with Crippen molar-refractivity contribution < 1.29 is 19.0 Å². The zero-order valence-electron chi connectivity index (χ0n) is 9.01. The Kier molecular flexibility index (Phi) is 2.80. The molecule has 4 nitrogen and oxygen atoms in total. The first-order valence-corrected chi connectivity index (χ1v) is 5.16. The third-order valence-electron chi connectivity index (χ3n) is 3.39. The van der Waals surface area contributed by atoms with Gasteiger partial charge in [-0.2, -0.15) is 0 Å². The van der Waals surface area contributed by atoms with Gasteiger partial charge in [-0.25, -0.2) is 0 Å². The van der Waals surface area contributed by atoms with Crippen LogP contribution in [0.5, 0.6) is 0 Å². The number of carbonyl (C=O) groups is 1. The second-order valence-electron chi connectivity index (χ2n) is 4.14. The van der Waals surface area contributed by atoms with Crippen molar-refractivity contribution in [2.75, 3.05) is 7.11 Å². The minimum absolute atomic E-state index is 0.0324. The van der Waals surface area contributed by atoms with Gasteiger partial charge in [-0.1, -0.05) is 13.5 Å². The Morgan fingerprint density at radius 2 is 2.33 bits per heavy atom. The second kappa shape index (κ2) is 3.94. The summed E-state index contributed by atoms with van der Waals surface area (Å²) in [6.07, 6.45) is 0.715. The topological polar surface area (TPSA) is 44.8 Å². The first kappa shape index (κ1) is 10.6. The highest BCUT2D eigenvalue weighted by atomic mass is 16.8. The van der Waals surface area contributed by atoms with Gasteiger partial charge in [-0.05, 0) is 5.92 Å². The minimum atomic E-state index is -0.382. The number of ether oxygens (including phenoxy) is 3. The maximum atomic E-state index is 10.6. The van der Waals surface area contributed by atoms with E-state index in [1.54, 1.807) is 7.11 Å². The molecule has 3 rings (SSSR count). The first-order chi connectivity index (χ1) is 7.19. The van der Waals surface area contributed by atoms with Crippen molar-refractivity contribution in [2.45, 2.75) is 25.9 Å². The quantitative estimate of drug-likeness (QED) is 0.662. The largest absolute Gasteiger partial charge is 0.469 e. The van der Waals surface area contributed by atoms with Crippen LogP contribution >= 0.6 is 0 Å². The molecule has 0 saturated carbocycles. The number of carbonyl (C=O) groups excluding carboxylic acids is 1. The van der Waals surface area contributed by atoms with Crippen molar-refractivity contribution in [3.63, 3.8) is 0 Å². The van der Waals surface area contributed by atoms with Crippen LogP contribution in [0, 0.1) is 17.8 Å². The van der Waals surface area contributed by atoms with Gasteiger partial charge in [0.2, 0.25) is 6.29 Å². The van der Waals surface area contributed by atoms with Crippen molar-refractivity contribution in [2.24, 2.45) is 17.8 Å². The molecule has 3 aliphatic heterocycles. The highest BCUT2D eigenvalue weighted by Gasteiger charge is 2.51. The van der Waals surface area contributed by atoms with Crippen LogP contribution in [-0.4, -0.2) is 26.0 Å². The summed E-state index contributed by atoms with van der Waals surface area (Å²) < 4.78 is 16.3. The fraction of sp³-hybridized carbons (Fsp3) is 0.727. The van der Waals surface area contributed by atoms with Crippen LogP contribution in [-0.2, 0) is 19.0 Å². The molecule has 4 unspecified atom stereocenters. The van der Waals surface area contributed by atoms with E-state index in [0.29, 0.717) is 18.1 Å². The molecular weight excluding hydrogens is 196 g/mol. The molecule has 0 aromatic heterocycles. The highest BCUT2D eigenvalue weighted by Crippen LogP contribution is 2.46. The molecule has 3 fully saturated rings. The monoisotopic (exact) mass is 212 g/mol. The molecular formula is C11H16O4. The number of aldehydes is 1. The average Bonchev–Trinajstić information content (AvgIpc) is 2.22. The molecule has 3 aliphatic rings. The van der Waals surface area contributed by atoms with Crippen molar-refractivity contribution in [3.8, 4) is 0 Å². The predicted octanol–water partition coefficient (Wildman–Crippen LogP) is 1.32. The van der Waals surface area contributed by atoms with Gasteiger partial charge in [0.15, 0.2) is 6.29 Å². The summed E-state index contributed by atoms with van der Waals surface area (Å²) >= 11 is 0. The normalized spacial score (nSPS) is 43.9. The third-order valence-corrected chi connectivity index (χ3v) is 3.39. The van der Waals surface area contributed by atoms with Crippen LogP contribution in [0.1, 0.15) is 13.3 Å². The van der Waals surface area contributed by atoms with E-state index in [2.05, 4.69) is 13.5 Å². The van der Waals surface area contributed by atoms with Crippen LogP contribution in [0.4, 0.5) is 0 Å². The Labute approximate surface area is 89.2 Å². The molecule has 0 amide bonds. The van der Waals surface area contributed by atoms with Gasteiger partial charge in [-0.3, -0.25) is 0 Å². The van der Waals surface area contributed by atoms with E-state index in [1.165, 1.54) is 0 Å². The molecule has 0 radical (unpaired) electrons. The lowest BCUT2D eigenvalue weighted by Crippen LogP contribution is -2.54. The lowest BCUT2D eigenvalue weighted by atomic mass is 9.75. The zero-order chi connectivity index (χ0) is 11.0. The fourth-order valence-corrected chi connectivity index (χ4v) is 2.51. The fourth-order valence-electron chi connectivity index (χ4n) is 2.51. The molecule has 5 atom stereocenters. The highest BCUT2D eigenvalue weighted by molar-refractivity contribution is 5.50. The number of hydrogen-bond acceptors (Lipinski definition) is 4. The van der Waals surface area contributed by atoms with Crippen LogP contribution in [0.15, 0.2) is 12.3 Å². The van der Waals surface area contributed by atoms with Crippen LogP contribution < -0.4 is 0 Å². The molecule has 0 aromatic carbocycles. The Balaban J connectivity index is 2.20. The standard InChI is InChI=1S/C11H16O4/c1-6-8(4-5-12)10-14-7(2)9(6)11(13-3)15-10/h5-6,8-11H,2,4H2,1,3H3/t6-,8?,9?,10?,11?/m1/s1. The van der Waals surface area contributed by atoms with Crippen LogP contribution in [0.25, 0.3) is 0 Å². The average molecular weight is 212 g/mol. The van der Waals surface area contributed by atoms with Gasteiger partial charge in [0.1, 0.15) is 12.0 Å². The smallest absolute Gasteiger partial charge is 0.205 e. The van der Waals surface area contributed by atoms with Gasteiger partial charge in [-0.15, -0.1) is 0 Å². The van der Waals surface area contributed by atoms with E-state index in [1.807, 2.05) is 0 Å². The molecule has 0 N–H and O–H groups in total. The molecule has 4 heteroatoms. The molecule has 84 valence electrons. The van der Waals surface area contributed by atoms with E-state index in [-0.39, 0.29) is 24.4 Å². The lowest BCUT2D eigenvalue weighted by Gasteiger charge is -2.50. The van der Waals surface area contributed by atoms with Gasteiger partial charge < -0.3 is 19.0 Å². The van der Waals surface area contributed by atoms with Crippen molar-refractivity contribution in [1.82, 2.24) is 0 Å². The van der Waals surface area contributed by atoms with Crippen LogP contribution in [0.3, 0.4) is 0 Å². The Hall–Kier alpha value is -0.870. The summed E-state index contributed by atoms with van der Waals surface area (Å²) in [5, 5.41) is 0. The summed E-state index contributed by atoms with van der Waals surface area (Å²) in [6, 6.07) is 0. The molecule has 2 bridgehead atoms. The molecule has 0 aromatic rings. The number of fused-ring (bicyclic) bond motifs is 3. The second-order valence-corrected chi connectivity index (χ2v) is 4.14. The summed E-state index contributed by atoms with van der Waals surface area (Å²) in [5.41, 5.74) is 0. The Bertz CT molecular complexity index is 274. The van der Waals surface area contributed by atoms with Crippen molar-refractivity contribution in [3.05, 3.63) is 12.3 Å². The summed E-state index contributed by atoms with van der Waals surface area (Å²) in [7, 11) is 1.61. The molecule has 3 saturated heterocycles. The van der Waals surface area contributed by atoms with Crippen LogP contribution in [0.2, 0.25) is 0 Å². The predicted molar refractivity (Wildman–Crippen MR) is 52.7 cm³/mol. The van der Waals surface area contributed by atoms with E-state index in [4.69, 9.17) is 14.2 Å². The third kappa shape index (κ3) is 1.58. The van der Waals surface area contributed by atoms with Gasteiger partial charge in [0.05, 0.1) is 5.92 Å². The van der Waals surface area contributed by atoms with Crippen molar-refractivity contribution in [1.29, 1.82) is 0 Å². The van der Waals surface area contributed by atoms with E-state index in [9.17, 15) is 4.79 Å². The summed E-state index contributed by atoms with van der Waals surface area (Å²) in [4.78, 5) is 10.6. The summed E-state index contributed by atoms with van der Waals surface area (Å²) in [6.45, 7) is 5.96. The maximum Gasteiger partial charge on any atom is 0.205 e. The van der Waals surface area contributed by atoms with E-state index >= 15 is 0 Å². The SMILES string of the molecule is C=C1OC2OC(OC)C1[C@H](C)C2CC=O. The Morgan fingerprint density at radius 3 is 2.87 bits per heavy atom. The van der Waals surface area contributed by atoms with E-state index < -0.39 is 0 Å². The molecule has 15 heavy (non-hydrogen) atoms. The van der Waals surface area contributed by atoms with Gasteiger partial charge >= 0.3 is 0 Å². The summed E-state index contributed by atoms with van der Waals surface area (Å²) in [5.74, 6) is 1.17. The maximum absolute atomic E-state index is 10.6. The molecule has 3 heterocycles. The molecule has 0 spiro atoms. The van der Waals surface area contributed by atoms with Crippen molar-refractivity contribution >= 4 is 6.29 Å². The number of methoxy groups -OCH3 is 1. The van der Waals surface area contributed by atoms with E-state index in [0.717, 1.165) is 6.29 Å². The zero-order valence-corrected chi connectivity index (χ0v) is 9.01. The minimum Gasteiger partial charge on any atom is -0.469 e. The number of hydrogen-bond donors (Lipinski definition) is 0. The van der Waals surface area contributed by atoms with Gasteiger partial charge in [0, 0.05) is 19.4 Å². The Morgan fingerprint density at radius 1 is 1.60 bits per heavy atom. The molecule has 0 aliphatic carbocycles. The van der Waals surface area contributed by atoms with Gasteiger partial charge in [0.25, 0.3) is 0 Å². The first-order valence-electron chi connectivity index (χ1n) is 5.16. The lowest BCUT2D eigenvalue weighted by molar-refractivity contribution is -0.340. The number of rotatable bonds is 3.